The minimum atomic E-state index is -0.112. The maximum Gasteiger partial charge on any atom is 0.253 e. The van der Waals surface area contributed by atoms with E-state index in [2.05, 4.69) is 15.6 Å². The molecule has 1 saturated carbocycles. The predicted molar refractivity (Wildman–Crippen MR) is 84.5 cm³/mol. The van der Waals surface area contributed by atoms with Crippen molar-refractivity contribution in [2.45, 2.75) is 18.9 Å². The maximum absolute atomic E-state index is 12.0. The number of aromatic nitrogens is 1. The van der Waals surface area contributed by atoms with Crippen LogP contribution in [0.2, 0.25) is 10.0 Å². The van der Waals surface area contributed by atoms with Crippen LogP contribution in [0, 0.1) is 0 Å². The van der Waals surface area contributed by atoms with E-state index in [1.165, 1.54) is 6.20 Å². The van der Waals surface area contributed by atoms with Crippen LogP contribution in [-0.4, -0.2) is 16.9 Å². The van der Waals surface area contributed by atoms with Gasteiger partial charge in [-0.25, -0.2) is 0 Å². The van der Waals surface area contributed by atoms with Crippen LogP contribution in [0.1, 0.15) is 23.2 Å². The lowest BCUT2D eigenvalue weighted by Crippen LogP contribution is -2.25. The number of rotatable bonds is 4. The molecule has 108 valence electrons. The van der Waals surface area contributed by atoms with E-state index < -0.39 is 0 Å². The van der Waals surface area contributed by atoms with Gasteiger partial charge in [0.2, 0.25) is 0 Å². The molecule has 1 fully saturated rings. The van der Waals surface area contributed by atoms with E-state index in [1.54, 1.807) is 30.5 Å². The van der Waals surface area contributed by atoms with Gasteiger partial charge >= 0.3 is 0 Å². The Hall–Kier alpha value is -1.78. The van der Waals surface area contributed by atoms with Gasteiger partial charge in [-0.05, 0) is 31.0 Å². The average molecular weight is 322 g/mol. The Morgan fingerprint density at radius 3 is 2.57 bits per heavy atom. The van der Waals surface area contributed by atoms with Gasteiger partial charge in [-0.2, -0.15) is 0 Å². The molecular weight excluding hydrogens is 309 g/mol. The minimum absolute atomic E-state index is 0.112. The second-order valence-corrected chi connectivity index (χ2v) is 5.75. The van der Waals surface area contributed by atoms with Crippen molar-refractivity contribution in [2.75, 3.05) is 5.32 Å². The Bertz CT molecular complexity index is 666. The molecule has 1 amide bonds. The molecule has 2 N–H and O–H groups in total. The fourth-order valence-corrected chi connectivity index (χ4v) is 2.38. The lowest BCUT2D eigenvalue weighted by molar-refractivity contribution is 0.0951. The highest BCUT2D eigenvalue weighted by Gasteiger charge is 2.24. The maximum atomic E-state index is 12.0. The van der Waals surface area contributed by atoms with Gasteiger partial charge in [0.05, 0.1) is 33.2 Å². The summed E-state index contributed by atoms with van der Waals surface area (Å²) in [6.45, 7) is 0. The Balaban J connectivity index is 1.81. The summed E-state index contributed by atoms with van der Waals surface area (Å²) in [7, 11) is 0. The second-order valence-electron chi connectivity index (χ2n) is 4.93. The van der Waals surface area contributed by atoms with Crippen molar-refractivity contribution < 1.29 is 4.79 Å². The highest BCUT2D eigenvalue weighted by atomic mass is 35.5. The third-order valence-electron chi connectivity index (χ3n) is 3.15. The molecule has 1 aromatic heterocycles. The molecule has 4 nitrogen and oxygen atoms in total. The standard InChI is InChI=1S/C15H13Cl2N3O/c16-12-2-1-3-13(17)14(12)19-11-6-9(7-18-8-11)15(21)20-10-4-5-10/h1-3,6-8,10,19H,4-5H2,(H,20,21). The number of carbonyl (C=O) groups is 1. The number of halogens is 2. The zero-order chi connectivity index (χ0) is 14.8. The number of hydrogen-bond acceptors (Lipinski definition) is 3. The number of carbonyl (C=O) groups excluding carboxylic acids is 1. The van der Waals surface area contributed by atoms with Crippen LogP contribution in [-0.2, 0) is 0 Å². The van der Waals surface area contributed by atoms with Gasteiger partial charge in [-0.1, -0.05) is 29.3 Å². The largest absolute Gasteiger partial charge is 0.352 e. The Kier molecular flexibility index (Phi) is 3.99. The molecular formula is C15H13Cl2N3O. The molecule has 2 aromatic rings. The van der Waals surface area contributed by atoms with E-state index in [-0.39, 0.29) is 5.91 Å². The second kappa shape index (κ2) is 5.92. The van der Waals surface area contributed by atoms with Gasteiger partial charge in [0.1, 0.15) is 0 Å². The van der Waals surface area contributed by atoms with Gasteiger partial charge in [0.15, 0.2) is 0 Å². The smallest absolute Gasteiger partial charge is 0.253 e. The number of para-hydroxylation sites is 1. The summed E-state index contributed by atoms with van der Waals surface area (Å²) in [6, 6.07) is 7.30. The molecule has 0 unspecified atom stereocenters. The molecule has 0 aliphatic heterocycles. The van der Waals surface area contributed by atoms with Crippen LogP contribution in [0.3, 0.4) is 0 Å². The van der Waals surface area contributed by atoms with Crippen LogP contribution in [0.5, 0.6) is 0 Å². The molecule has 6 heteroatoms. The molecule has 0 saturated heterocycles. The monoisotopic (exact) mass is 321 g/mol. The van der Waals surface area contributed by atoms with Crippen LogP contribution in [0.4, 0.5) is 11.4 Å². The lowest BCUT2D eigenvalue weighted by Gasteiger charge is -2.11. The van der Waals surface area contributed by atoms with E-state index in [9.17, 15) is 4.79 Å². The van der Waals surface area contributed by atoms with Crippen molar-refractivity contribution in [3.8, 4) is 0 Å². The van der Waals surface area contributed by atoms with Gasteiger partial charge < -0.3 is 10.6 Å². The average Bonchev–Trinajstić information content (AvgIpc) is 3.27. The normalized spacial score (nSPS) is 13.8. The van der Waals surface area contributed by atoms with E-state index in [4.69, 9.17) is 23.2 Å². The quantitative estimate of drug-likeness (QED) is 0.894. The number of benzene rings is 1. The highest BCUT2D eigenvalue weighted by molar-refractivity contribution is 6.39. The van der Waals surface area contributed by atoms with Crippen molar-refractivity contribution in [1.29, 1.82) is 0 Å². The van der Waals surface area contributed by atoms with Crippen LogP contribution in [0.15, 0.2) is 36.7 Å². The van der Waals surface area contributed by atoms with E-state index in [1.807, 2.05) is 0 Å². The van der Waals surface area contributed by atoms with Gasteiger partial charge in [0, 0.05) is 12.2 Å². The van der Waals surface area contributed by atoms with Crippen LogP contribution >= 0.6 is 23.2 Å². The first-order valence-electron chi connectivity index (χ1n) is 6.60. The first-order chi connectivity index (χ1) is 10.1. The summed E-state index contributed by atoms with van der Waals surface area (Å²) < 4.78 is 0. The van der Waals surface area contributed by atoms with E-state index in [0.29, 0.717) is 33.0 Å². The fraction of sp³-hybridized carbons (Fsp3) is 0.200. The Morgan fingerprint density at radius 1 is 1.19 bits per heavy atom. The fourth-order valence-electron chi connectivity index (χ4n) is 1.89. The number of hydrogen-bond donors (Lipinski definition) is 2. The SMILES string of the molecule is O=C(NC1CC1)c1cncc(Nc2c(Cl)cccc2Cl)c1. The highest BCUT2D eigenvalue weighted by Crippen LogP contribution is 2.32. The van der Waals surface area contributed by atoms with Crippen LogP contribution in [0.25, 0.3) is 0 Å². The van der Waals surface area contributed by atoms with Crippen molar-refractivity contribution in [3.63, 3.8) is 0 Å². The molecule has 0 bridgehead atoms. The third-order valence-corrected chi connectivity index (χ3v) is 3.78. The van der Waals surface area contributed by atoms with Gasteiger partial charge in [-0.15, -0.1) is 0 Å². The zero-order valence-electron chi connectivity index (χ0n) is 11.1. The van der Waals surface area contributed by atoms with Crippen molar-refractivity contribution >= 4 is 40.5 Å². The first-order valence-corrected chi connectivity index (χ1v) is 7.36. The molecule has 3 rings (SSSR count). The molecule has 1 aromatic carbocycles. The Labute approximate surface area is 132 Å². The predicted octanol–water partition coefficient (Wildman–Crippen LogP) is 4.02. The topological polar surface area (TPSA) is 54.0 Å². The third kappa shape index (κ3) is 3.46. The van der Waals surface area contributed by atoms with Crippen molar-refractivity contribution in [2.24, 2.45) is 0 Å². The Morgan fingerprint density at radius 2 is 1.90 bits per heavy atom. The van der Waals surface area contributed by atoms with Gasteiger partial charge in [0.25, 0.3) is 5.91 Å². The number of nitrogens with zero attached hydrogens (tertiary/aromatic N) is 1. The number of anilines is 2. The number of amides is 1. The molecule has 1 heterocycles. The summed E-state index contributed by atoms with van der Waals surface area (Å²) in [5, 5.41) is 7.04. The molecule has 21 heavy (non-hydrogen) atoms. The van der Waals surface area contributed by atoms with Gasteiger partial charge in [-0.3, -0.25) is 9.78 Å². The summed E-state index contributed by atoms with van der Waals surface area (Å²) in [6.07, 6.45) is 5.25. The molecule has 1 aliphatic rings. The number of nitrogens with one attached hydrogen (secondary N) is 2. The van der Waals surface area contributed by atoms with E-state index in [0.717, 1.165) is 12.8 Å². The van der Waals surface area contributed by atoms with Crippen LogP contribution < -0.4 is 10.6 Å². The summed E-state index contributed by atoms with van der Waals surface area (Å²) in [5.41, 5.74) is 1.77. The molecule has 0 spiro atoms. The van der Waals surface area contributed by atoms with E-state index >= 15 is 0 Å². The minimum Gasteiger partial charge on any atom is -0.352 e. The van der Waals surface area contributed by atoms with Crippen molar-refractivity contribution in [3.05, 3.63) is 52.3 Å². The lowest BCUT2D eigenvalue weighted by atomic mass is 10.2. The summed E-state index contributed by atoms with van der Waals surface area (Å²) >= 11 is 12.2. The first kappa shape index (κ1) is 14.2. The van der Waals surface area contributed by atoms with Crippen molar-refractivity contribution in [1.82, 2.24) is 10.3 Å². The molecule has 0 radical (unpaired) electrons. The summed E-state index contributed by atoms with van der Waals surface area (Å²) in [4.78, 5) is 16.1. The number of pyridine rings is 1. The zero-order valence-corrected chi connectivity index (χ0v) is 12.6. The molecule has 1 aliphatic carbocycles. The molecule has 0 atom stereocenters. The summed E-state index contributed by atoms with van der Waals surface area (Å²) in [5.74, 6) is -0.112.